The van der Waals surface area contributed by atoms with E-state index in [0.717, 1.165) is 11.1 Å². The van der Waals surface area contributed by atoms with Crippen LogP contribution in [-0.2, 0) is 21.0 Å². The van der Waals surface area contributed by atoms with Crippen molar-refractivity contribution in [2.45, 2.75) is 43.6 Å². The number of amides is 1. The third-order valence-electron chi connectivity index (χ3n) is 4.06. The molecular weight excluding hydrogens is 302 g/mol. The van der Waals surface area contributed by atoms with E-state index in [4.69, 9.17) is 4.74 Å². The van der Waals surface area contributed by atoms with Gasteiger partial charge in [0.15, 0.2) is 9.84 Å². The Balaban J connectivity index is 1.91. The molecule has 0 N–H and O–H groups in total. The number of hydrogen-bond donors (Lipinski definition) is 0. The molecule has 3 rings (SSSR count). The van der Waals surface area contributed by atoms with Crippen LogP contribution in [0.15, 0.2) is 23.1 Å². The van der Waals surface area contributed by atoms with Crippen LogP contribution in [0.5, 0.6) is 0 Å². The van der Waals surface area contributed by atoms with E-state index in [1.165, 1.54) is 0 Å². The average Bonchev–Trinajstić information content (AvgIpc) is 2.54. The van der Waals surface area contributed by atoms with E-state index >= 15 is 0 Å². The van der Waals surface area contributed by atoms with Crippen molar-refractivity contribution >= 4 is 15.9 Å². The molecule has 0 saturated heterocycles. The van der Waals surface area contributed by atoms with Crippen molar-refractivity contribution in [3.8, 4) is 0 Å². The van der Waals surface area contributed by atoms with Crippen molar-refractivity contribution in [3.63, 3.8) is 0 Å². The van der Waals surface area contributed by atoms with Crippen molar-refractivity contribution in [1.29, 1.82) is 0 Å². The molecule has 22 heavy (non-hydrogen) atoms. The highest BCUT2D eigenvalue weighted by Gasteiger charge is 2.40. The van der Waals surface area contributed by atoms with Crippen molar-refractivity contribution in [3.05, 3.63) is 29.3 Å². The molecule has 0 saturated carbocycles. The number of benzene rings is 1. The lowest BCUT2D eigenvalue weighted by Crippen LogP contribution is -2.39. The molecule has 5 nitrogen and oxygen atoms in total. The third kappa shape index (κ3) is 2.72. The summed E-state index contributed by atoms with van der Waals surface area (Å²) in [6, 6.07) is 5.43. The number of sulfone groups is 1. The first-order chi connectivity index (χ1) is 10.2. The summed E-state index contributed by atoms with van der Waals surface area (Å²) >= 11 is 0. The largest absolute Gasteiger partial charge is 0.444 e. The van der Waals surface area contributed by atoms with Gasteiger partial charge in [-0.2, -0.15) is 0 Å². The number of hydrogen-bond acceptors (Lipinski definition) is 4. The maximum Gasteiger partial charge on any atom is 0.410 e. The number of nitrogens with zero attached hydrogens (tertiary/aromatic N) is 1. The first-order valence-electron chi connectivity index (χ1n) is 7.50. The predicted molar refractivity (Wildman–Crippen MR) is 82.7 cm³/mol. The van der Waals surface area contributed by atoms with Crippen molar-refractivity contribution in [2.24, 2.45) is 0 Å². The first kappa shape index (κ1) is 15.3. The van der Waals surface area contributed by atoms with E-state index < -0.39 is 15.4 Å². The Hall–Kier alpha value is -1.56. The fraction of sp³-hybridized carbons (Fsp3) is 0.562. The molecule has 2 aliphatic heterocycles. The van der Waals surface area contributed by atoms with Crippen molar-refractivity contribution in [2.75, 3.05) is 18.8 Å². The van der Waals surface area contributed by atoms with E-state index in [2.05, 4.69) is 0 Å². The molecule has 0 radical (unpaired) electrons. The quantitative estimate of drug-likeness (QED) is 0.735. The van der Waals surface area contributed by atoms with Gasteiger partial charge in [-0.1, -0.05) is 12.1 Å². The Morgan fingerprint density at radius 3 is 2.73 bits per heavy atom. The van der Waals surface area contributed by atoms with Crippen LogP contribution in [0.2, 0.25) is 0 Å². The second-order valence-corrected chi connectivity index (χ2v) is 8.99. The number of carbonyl (C=O) groups is 1. The van der Waals surface area contributed by atoms with Crippen molar-refractivity contribution in [1.82, 2.24) is 4.90 Å². The van der Waals surface area contributed by atoms with Crippen LogP contribution in [0.1, 0.15) is 37.8 Å². The maximum absolute atomic E-state index is 12.3. The molecule has 0 aliphatic carbocycles. The molecule has 0 aromatic heterocycles. The van der Waals surface area contributed by atoms with E-state index in [1.807, 2.05) is 26.8 Å². The van der Waals surface area contributed by atoms with Crippen LogP contribution in [0.4, 0.5) is 4.79 Å². The van der Waals surface area contributed by atoms with Crippen LogP contribution in [0, 0.1) is 0 Å². The predicted octanol–water partition coefficient (Wildman–Crippen LogP) is 2.35. The normalized spacial score (nSPS) is 22.9. The van der Waals surface area contributed by atoms with Gasteiger partial charge in [-0.3, -0.25) is 0 Å². The van der Waals surface area contributed by atoms with Crippen LogP contribution in [0.25, 0.3) is 0 Å². The summed E-state index contributed by atoms with van der Waals surface area (Å²) in [6.07, 6.45) is 0.292. The highest BCUT2D eigenvalue weighted by Crippen LogP contribution is 2.39. The van der Waals surface area contributed by atoms with Crippen LogP contribution in [-0.4, -0.2) is 43.9 Å². The molecule has 1 unspecified atom stereocenters. The summed E-state index contributed by atoms with van der Waals surface area (Å²) in [5.41, 5.74) is 1.39. The zero-order chi connectivity index (χ0) is 16.1. The summed E-state index contributed by atoms with van der Waals surface area (Å²) in [5, 5.41) is 0. The van der Waals surface area contributed by atoms with E-state index in [1.54, 1.807) is 17.0 Å². The molecule has 1 aromatic carbocycles. The Morgan fingerprint density at radius 1 is 1.32 bits per heavy atom. The highest BCUT2D eigenvalue weighted by atomic mass is 32.2. The summed E-state index contributed by atoms with van der Waals surface area (Å²) in [5.74, 6) is -0.0650. The zero-order valence-corrected chi connectivity index (χ0v) is 13.9. The van der Waals surface area contributed by atoms with Gasteiger partial charge < -0.3 is 9.64 Å². The Labute approximate surface area is 131 Å². The minimum absolute atomic E-state index is 0.0820. The molecule has 0 fully saturated rings. The molecule has 0 bridgehead atoms. The van der Waals surface area contributed by atoms with Gasteiger partial charge in [0.25, 0.3) is 0 Å². The van der Waals surface area contributed by atoms with Gasteiger partial charge in [0.05, 0.1) is 10.6 Å². The van der Waals surface area contributed by atoms with Gasteiger partial charge in [0, 0.05) is 19.0 Å². The van der Waals surface area contributed by atoms with Gasteiger partial charge in [-0.15, -0.1) is 0 Å². The Kier molecular flexibility index (Phi) is 3.47. The topological polar surface area (TPSA) is 63.7 Å². The minimum Gasteiger partial charge on any atom is -0.444 e. The lowest BCUT2D eigenvalue weighted by molar-refractivity contribution is 0.0249. The van der Waals surface area contributed by atoms with E-state index in [9.17, 15) is 13.2 Å². The number of carbonyl (C=O) groups excluding carboxylic acids is 1. The Bertz CT molecular complexity index is 718. The fourth-order valence-corrected chi connectivity index (χ4v) is 5.13. The second kappa shape index (κ2) is 4.98. The maximum atomic E-state index is 12.3. The monoisotopic (exact) mass is 323 g/mol. The molecule has 1 amide bonds. The number of ether oxygens (including phenoxy) is 1. The molecule has 0 spiro atoms. The highest BCUT2D eigenvalue weighted by molar-refractivity contribution is 7.91. The lowest BCUT2D eigenvalue weighted by atomic mass is 9.96. The average molecular weight is 323 g/mol. The molecule has 2 heterocycles. The zero-order valence-electron chi connectivity index (χ0n) is 13.1. The first-order valence-corrected chi connectivity index (χ1v) is 9.15. The summed E-state index contributed by atoms with van der Waals surface area (Å²) < 4.78 is 30.0. The summed E-state index contributed by atoms with van der Waals surface area (Å²) in [4.78, 5) is 14.4. The smallest absolute Gasteiger partial charge is 0.410 e. The second-order valence-electron chi connectivity index (χ2n) is 6.98. The van der Waals surface area contributed by atoms with Gasteiger partial charge in [-0.25, -0.2) is 13.2 Å². The van der Waals surface area contributed by atoms with Gasteiger partial charge in [0.1, 0.15) is 5.60 Å². The molecule has 1 aromatic rings. The molecular formula is C16H21NO4S. The van der Waals surface area contributed by atoms with Gasteiger partial charge >= 0.3 is 6.09 Å². The molecule has 6 heteroatoms. The molecule has 2 aliphatic rings. The third-order valence-corrected chi connectivity index (χ3v) is 5.93. The Morgan fingerprint density at radius 2 is 2.05 bits per heavy atom. The molecule has 120 valence electrons. The van der Waals surface area contributed by atoms with E-state index in [-0.39, 0.29) is 17.8 Å². The van der Waals surface area contributed by atoms with Crippen LogP contribution < -0.4 is 0 Å². The number of rotatable bonds is 0. The molecule has 1 atom stereocenters. The summed E-state index contributed by atoms with van der Waals surface area (Å²) in [7, 11) is -3.23. The minimum atomic E-state index is -3.23. The fourth-order valence-electron chi connectivity index (χ4n) is 3.23. The van der Waals surface area contributed by atoms with Crippen LogP contribution >= 0.6 is 0 Å². The lowest BCUT2D eigenvalue weighted by Gasteiger charge is -2.27. The van der Waals surface area contributed by atoms with Gasteiger partial charge in [0.2, 0.25) is 0 Å². The summed E-state index contributed by atoms with van der Waals surface area (Å²) in [6.45, 7) is 6.45. The van der Waals surface area contributed by atoms with Crippen LogP contribution in [0.3, 0.4) is 0 Å². The van der Waals surface area contributed by atoms with E-state index in [0.29, 0.717) is 24.4 Å². The van der Waals surface area contributed by atoms with Crippen molar-refractivity contribution < 1.29 is 17.9 Å². The standard InChI is InChI=1S/C16H21NO4S/c1-16(2,3)21-15(18)17-8-7-11-5-4-6-13-14(11)12(9-17)10-22(13,19)20/h4-6,12H,7-10H2,1-3H3. The SMILES string of the molecule is CC(C)(C)OC(=O)N1CCc2cccc3c2C(C1)CS3(=O)=O. The van der Waals surface area contributed by atoms with Gasteiger partial charge in [-0.05, 0) is 44.4 Å².